The number of amidine groups is 1. The minimum Gasteiger partial charge on any atom is -0.478 e. The lowest BCUT2D eigenvalue weighted by atomic mass is 10.1. The minimum absolute atomic E-state index is 0.0441. The molecule has 3 rings (SSSR count). The lowest BCUT2D eigenvalue weighted by molar-refractivity contribution is -0.122. The summed E-state index contributed by atoms with van der Waals surface area (Å²) in [5.41, 5.74) is 2.22. The zero-order chi connectivity index (χ0) is 20.8. The Balaban J connectivity index is 1.57. The molecule has 148 valence electrons. The first kappa shape index (κ1) is 20.3. The van der Waals surface area contributed by atoms with Gasteiger partial charge in [-0.05, 0) is 36.8 Å². The Morgan fingerprint density at radius 1 is 1.10 bits per heavy atom. The maximum Gasteiger partial charge on any atom is 0.335 e. The molecule has 0 spiro atoms. The van der Waals surface area contributed by atoms with Crippen molar-refractivity contribution in [3.63, 3.8) is 0 Å². The third-order valence-corrected chi connectivity index (χ3v) is 5.12. The first-order valence-electron chi connectivity index (χ1n) is 8.71. The molecule has 0 bridgehead atoms. The number of anilines is 1. The summed E-state index contributed by atoms with van der Waals surface area (Å²) in [5, 5.41) is 22.1. The van der Waals surface area contributed by atoms with Crippen LogP contribution in [0.1, 0.15) is 29.3 Å². The summed E-state index contributed by atoms with van der Waals surface area (Å²) in [6.45, 7) is 1.82. The number of thioether (sulfide) groups is 1. The monoisotopic (exact) mass is 410 g/mol. The van der Waals surface area contributed by atoms with Crippen LogP contribution in [0.4, 0.5) is 5.69 Å². The van der Waals surface area contributed by atoms with Crippen LogP contribution in [-0.2, 0) is 9.59 Å². The highest BCUT2D eigenvalue weighted by atomic mass is 32.2. The molecule has 0 aliphatic carbocycles. The van der Waals surface area contributed by atoms with Gasteiger partial charge in [-0.3, -0.25) is 9.59 Å². The number of carboxylic acids is 1. The van der Waals surface area contributed by atoms with E-state index in [9.17, 15) is 14.4 Å². The van der Waals surface area contributed by atoms with Crippen LogP contribution >= 0.6 is 11.8 Å². The summed E-state index contributed by atoms with van der Waals surface area (Å²) in [5.74, 6) is -1.71. The molecule has 0 aromatic heterocycles. The van der Waals surface area contributed by atoms with E-state index >= 15 is 0 Å². The average molecular weight is 410 g/mol. The van der Waals surface area contributed by atoms with E-state index in [-0.39, 0.29) is 23.8 Å². The Morgan fingerprint density at radius 2 is 1.79 bits per heavy atom. The summed E-state index contributed by atoms with van der Waals surface area (Å²) in [6.07, 6.45) is -0.0441. The molecular weight excluding hydrogens is 392 g/mol. The second kappa shape index (κ2) is 9.16. The van der Waals surface area contributed by atoms with E-state index in [1.807, 2.05) is 37.3 Å². The highest BCUT2D eigenvalue weighted by Gasteiger charge is 2.32. The van der Waals surface area contributed by atoms with Crippen molar-refractivity contribution in [2.24, 2.45) is 10.2 Å². The lowest BCUT2D eigenvalue weighted by Crippen LogP contribution is -2.28. The summed E-state index contributed by atoms with van der Waals surface area (Å²) in [7, 11) is 0. The van der Waals surface area contributed by atoms with E-state index in [0.29, 0.717) is 16.6 Å². The molecule has 0 radical (unpaired) electrons. The highest BCUT2D eigenvalue weighted by molar-refractivity contribution is 8.15. The molecule has 2 aromatic carbocycles. The van der Waals surface area contributed by atoms with Crippen molar-refractivity contribution in [3.05, 3.63) is 65.7 Å². The van der Waals surface area contributed by atoms with E-state index in [0.717, 1.165) is 17.3 Å². The van der Waals surface area contributed by atoms with Gasteiger partial charge < -0.3 is 15.7 Å². The van der Waals surface area contributed by atoms with Crippen LogP contribution in [0.15, 0.2) is 64.8 Å². The fourth-order valence-electron chi connectivity index (χ4n) is 2.52. The third-order valence-electron chi connectivity index (χ3n) is 4.05. The molecule has 1 fully saturated rings. The van der Waals surface area contributed by atoms with Crippen LogP contribution in [0.3, 0.4) is 0 Å². The van der Waals surface area contributed by atoms with E-state index in [4.69, 9.17) is 5.11 Å². The zero-order valence-electron chi connectivity index (χ0n) is 15.5. The number of rotatable bonds is 6. The molecule has 2 aromatic rings. The normalized spacial score (nSPS) is 17.8. The molecular formula is C20H18N4O4S. The van der Waals surface area contributed by atoms with E-state index in [2.05, 4.69) is 20.8 Å². The zero-order valence-corrected chi connectivity index (χ0v) is 16.3. The number of benzene rings is 2. The Kier molecular flexibility index (Phi) is 6.40. The molecule has 1 aliphatic rings. The second-order valence-electron chi connectivity index (χ2n) is 6.19. The molecule has 2 amide bonds. The highest BCUT2D eigenvalue weighted by Crippen LogP contribution is 2.23. The number of carbonyl (C=O) groups excluding carboxylic acids is 2. The maximum absolute atomic E-state index is 12.2. The van der Waals surface area contributed by atoms with Crippen molar-refractivity contribution in [2.75, 3.05) is 5.32 Å². The van der Waals surface area contributed by atoms with Gasteiger partial charge in [0.2, 0.25) is 11.8 Å². The van der Waals surface area contributed by atoms with Crippen LogP contribution in [0.2, 0.25) is 0 Å². The average Bonchev–Trinajstić information content (AvgIpc) is 3.06. The van der Waals surface area contributed by atoms with Gasteiger partial charge in [-0.15, -0.1) is 5.10 Å². The molecule has 1 saturated heterocycles. The Labute approximate surface area is 171 Å². The Hall–Kier alpha value is -3.46. The number of hydrogen-bond acceptors (Lipinski definition) is 6. The number of amides is 2. The molecule has 1 unspecified atom stereocenters. The third kappa shape index (κ3) is 5.52. The summed E-state index contributed by atoms with van der Waals surface area (Å²) in [6, 6.07) is 15.3. The lowest BCUT2D eigenvalue weighted by Gasteiger charge is -2.07. The maximum atomic E-state index is 12.2. The fourth-order valence-corrected chi connectivity index (χ4v) is 3.44. The van der Waals surface area contributed by atoms with Gasteiger partial charge in [0.05, 0.1) is 11.3 Å². The van der Waals surface area contributed by atoms with Crippen LogP contribution in [0, 0.1) is 0 Å². The number of hydrogen-bond donors (Lipinski definition) is 3. The second-order valence-corrected chi connectivity index (χ2v) is 7.38. The van der Waals surface area contributed by atoms with Crippen molar-refractivity contribution < 1.29 is 19.5 Å². The molecule has 0 saturated carbocycles. The molecule has 8 nitrogen and oxygen atoms in total. The summed E-state index contributed by atoms with van der Waals surface area (Å²) in [4.78, 5) is 35.2. The standard InChI is InChI=1S/C20H18N4O4S/c1-12(13-5-3-2-4-6-13)23-24-20-22-18(26)16(29-20)11-17(25)21-15-9-7-14(8-10-15)19(27)28/h2-10,16H,11H2,1H3,(H,21,25)(H,27,28)(H,22,24,26). The van der Waals surface area contributed by atoms with E-state index < -0.39 is 11.2 Å². The van der Waals surface area contributed by atoms with Crippen molar-refractivity contribution in [3.8, 4) is 0 Å². The summed E-state index contributed by atoms with van der Waals surface area (Å²) >= 11 is 1.14. The van der Waals surface area contributed by atoms with Crippen LogP contribution in [0.5, 0.6) is 0 Å². The van der Waals surface area contributed by atoms with Gasteiger partial charge in [0.1, 0.15) is 5.25 Å². The Morgan fingerprint density at radius 3 is 2.45 bits per heavy atom. The van der Waals surface area contributed by atoms with Gasteiger partial charge in [-0.25, -0.2) is 4.79 Å². The van der Waals surface area contributed by atoms with E-state index in [1.54, 1.807) is 0 Å². The molecule has 3 N–H and O–H groups in total. The predicted octanol–water partition coefficient (Wildman–Crippen LogP) is 2.73. The van der Waals surface area contributed by atoms with Gasteiger partial charge in [0, 0.05) is 12.1 Å². The van der Waals surface area contributed by atoms with Crippen LogP contribution in [-0.4, -0.2) is 39.0 Å². The number of nitrogens with one attached hydrogen (secondary N) is 2. The quantitative estimate of drug-likeness (QED) is 0.500. The number of aromatic carboxylic acids is 1. The fraction of sp³-hybridized carbons (Fsp3) is 0.150. The number of nitrogens with zero attached hydrogens (tertiary/aromatic N) is 2. The van der Waals surface area contributed by atoms with Crippen LogP contribution in [0.25, 0.3) is 0 Å². The topological polar surface area (TPSA) is 120 Å². The number of carboxylic acid groups (broad SMARTS) is 1. The van der Waals surface area contributed by atoms with Gasteiger partial charge >= 0.3 is 5.97 Å². The van der Waals surface area contributed by atoms with Crippen LogP contribution < -0.4 is 10.6 Å². The van der Waals surface area contributed by atoms with Crippen molar-refractivity contribution in [1.29, 1.82) is 0 Å². The van der Waals surface area contributed by atoms with E-state index in [1.165, 1.54) is 24.3 Å². The molecule has 1 heterocycles. The first-order valence-corrected chi connectivity index (χ1v) is 9.59. The predicted molar refractivity (Wildman–Crippen MR) is 112 cm³/mol. The van der Waals surface area contributed by atoms with Crippen molar-refractivity contribution in [2.45, 2.75) is 18.6 Å². The molecule has 1 aliphatic heterocycles. The van der Waals surface area contributed by atoms with Crippen molar-refractivity contribution in [1.82, 2.24) is 5.32 Å². The van der Waals surface area contributed by atoms with Crippen molar-refractivity contribution >= 4 is 46.1 Å². The SMILES string of the molecule is CC(=N/N=C1\NC(=O)C(CC(=O)Nc2ccc(C(=O)O)cc2)S1)c1ccccc1. The van der Waals surface area contributed by atoms with Gasteiger partial charge in [-0.2, -0.15) is 5.10 Å². The smallest absolute Gasteiger partial charge is 0.335 e. The van der Waals surface area contributed by atoms with Gasteiger partial charge in [0.15, 0.2) is 5.17 Å². The Bertz CT molecular complexity index is 987. The van der Waals surface area contributed by atoms with Gasteiger partial charge in [0.25, 0.3) is 0 Å². The number of carbonyl (C=O) groups is 3. The first-order chi connectivity index (χ1) is 13.9. The summed E-state index contributed by atoms with van der Waals surface area (Å²) < 4.78 is 0. The largest absolute Gasteiger partial charge is 0.478 e. The molecule has 1 atom stereocenters. The minimum atomic E-state index is -1.04. The van der Waals surface area contributed by atoms with Gasteiger partial charge in [-0.1, -0.05) is 42.1 Å². The molecule has 9 heteroatoms. The molecule has 29 heavy (non-hydrogen) atoms.